The van der Waals surface area contributed by atoms with Crippen molar-refractivity contribution in [1.29, 1.82) is 0 Å². The van der Waals surface area contributed by atoms with Crippen molar-refractivity contribution in [2.45, 2.75) is 31.8 Å². The second-order valence-electron chi connectivity index (χ2n) is 6.07. The molecule has 0 radical (unpaired) electrons. The molecule has 0 saturated carbocycles. The molecule has 1 N–H and O–H groups in total. The molecule has 0 spiro atoms. The Labute approximate surface area is 144 Å². The largest absolute Gasteiger partial charge is 0.355 e. The molecule has 8 heteroatoms. The standard InChI is InChI=1S/C16H21N7S/c1(7-23-10-6-20-21-23)5-17-13-2-8-22(9-3-13)16-15-14(4-11-24-15)18-12-19-16/h4,6,10-13,17H,1-3,5,7-9H2. The lowest BCUT2D eigenvalue weighted by atomic mass is 10.0. The van der Waals surface area contributed by atoms with Crippen molar-refractivity contribution >= 4 is 27.4 Å². The SMILES string of the molecule is c1cn(CCCNC2CCN(c3ncnc4ccsc34)CC2)nn1. The number of rotatable bonds is 6. The number of piperidine rings is 1. The van der Waals surface area contributed by atoms with Gasteiger partial charge in [0.25, 0.3) is 0 Å². The van der Waals surface area contributed by atoms with Crippen LogP contribution in [-0.2, 0) is 6.54 Å². The first kappa shape index (κ1) is 15.5. The van der Waals surface area contributed by atoms with E-state index < -0.39 is 0 Å². The van der Waals surface area contributed by atoms with Gasteiger partial charge < -0.3 is 10.2 Å². The van der Waals surface area contributed by atoms with Gasteiger partial charge in [-0.25, -0.2) is 9.97 Å². The average molecular weight is 343 g/mol. The maximum Gasteiger partial charge on any atom is 0.150 e. The molecule has 0 amide bonds. The molecule has 7 nitrogen and oxygen atoms in total. The topological polar surface area (TPSA) is 71.8 Å². The minimum absolute atomic E-state index is 0.595. The second kappa shape index (κ2) is 7.23. The Morgan fingerprint density at radius 2 is 2.17 bits per heavy atom. The van der Waals surface area contributed by atoms with E-state index in [9.17, 15) is 0 Å². The zero-order valence-electron chi connectivity index (χ0n) is 13.5. The highest BCUT2D eigenvalue weighted by molar-refractivity contribution is 7.17. The fraction of sp³-hybridized carbons (Fsp3) is 0.500. The summed E-state index contributed by atoms with van der Waals surface area (Å²) in [6.45, 7) is 4.03. The predicted molar refractivity (Wildman–Crippen MR) is 95.3 cm³/mol. The number of hydrogen-bond donors (Lipinski definition) is 1. The third-order valence-corrected chi connectivity index (χ3v) is 5.39. The normalized spacial score (nSPS) is 16.1. The fourth-order valence-corrected chi connectivity index (χ4v) is 4.06. The first-order chi connectivity index (χ1) is 11.9. The van der Waals surface area contributed by atoms with Crippen LogP contribution in [0.5, 0.6) is 0 Å². The minimum Gasteiger partial charge on any atom is -0.355 e. The van der Waals surface area contributed by atoms with Crippen LogP contribution in [0.1, 0.15) is 19.3 Å². The Morgan fingerprint density at radius 1 is 1.25 bits per heavy atom. The smallest absolute Gasteiger partial charge is 0.150 e. The number of hydrogen-bond acceptors (Lipinski definition) is 7. The van der Waals surface area contributed by atoms with Gasteiger partial charge in [-0.3, -0.25) is 4.68 Å². The molecule has 126 valence electrons. The summed E-state index contributed by atoms with van der Waals surface area (Å²) < 4.78 is 3.09. The lowest BCUT2D eigenvalue weighted by molar-refractivity contribution is 0.402. The molecule has 0 unspecified atom stereocenters. The van der Waals surface area contributed by atoms with E-state index in [0.29, 0.717) is 6.04 Å². The summed E-state index contributed by atoms with van der Waals surface area (Å²) in [7, 11) is 0. The van der Waals surface area contributed by atoms with Crippen molar-refractivity contribution in [3.05, 3.63) is 30.2 Å². The number of anilines is 1. The minimum atomic E-state index is 0.595. The summed E-state index contributed by atoms with van der Waals surface area (Å²) in [4.78, 5) is 11.2. The monoisotopic (exact) mass is 343 g/mol. The second-order valence-corrected chi connectivity index (χ2v) is 6.98. The van der Waals surface area contributed by atoms with Gasteiger partial charge in [-0.05, 0) is 37.3 Å². The molecule has 0 aromatic carbocycles. The van der Waals surface area contributed by atoms with Gasteiger partial charge in [0.1, 0.15) is 12.1 Å². The lowest BCUT2D eigenvalue weighted by Gasteiger charge is -2.33. The maximum atomic E-state index is 4.52. The summed E-state index contributed by atoms with van der Waals surface area (Å²) in [6, 6.07) is 2.66. The van der Waals surface area contributed by atoms with Crippen LogP contribution in [0.3, 0.4) is 0 Å². The van der Waals surface area contributed by atoms with E-state index in [1.165, 1.54) is 4.70 Å². The van der Waals surface area contributed by atoms with E-state index in [4.69, 9.17) is 0 Å². The number of aryl methyl sites for hydroxylation is 1. The van der Waals surface area contributed by atoms with Gasteiger partial charge in [0, 0.05) is 31.9 Å². The van der Waals surface area contributed by atoms with Crippen molar-refractivity contribution in [3.63, 3.8) is 0 Å². The van der Waals surface area contributed by atoms with Crippen LogP contribution < -0.4 is 10.2 Å². The lowest BCUT2D eigenvalue weighted by Crippen LogP contribution is -2.43. The molecule has 1 aliphatic rings. The molecule has 0 bridgehead atoms. The Balaban J connectivity index is 1.25. The zero-order valence-corrected chi connectivity index (χ0v) is 14.3. The first-order valence-corrected chi connectivity index (χ1v) is 9.29. The van der Waals surface area contributed by atoms with E-state index in [2.05, 4.69) is 41.9 Å². The van der Waals surface area contributed by atoms with Crippen LogP contribution in [0.25, 0.3) is 10.2 Å². The number of nitrogens with one attached hydrogen (secondary N) is 1. The van der Waals surface area contributed by atoms with E-state index in [0.717, 1.165) is 56.8 Å². The van der Waals surface area contributed by atoms with Gasteiger partial charge in [0.15, 0.2) is 0 Å². The molecule has 0 atom stereocenters. The highest BCUT2D eigenvalue weighted by Crippen LogP contribution is 2.29. The summed E-state index contributed by atoms with van der Waals surface area (Å²) in [5.74, 6) is 1.10. The van der Waals surface area contributed by atoms with Gasteiger partial charge in [0.05, 0.1) is 16.4 Å². The van der Waals surface area contributed by atoms with Gasteiger partial charge in [-0.1, -0.05) is 5.21 Å². The van der Waals surface area contributed by atoms with Crippen LogP contribution in [0.2, 0.25) is 0 Å². The first-order valence-electron chi connectivity index (χ1n) is 8.41. The third kappa shape index (κ3) is 3.39. The van der Waals surface area contributed by atoms with Crippen LogP contribution in [-0.4, -0.2) is 50.6 Å². The molecular formula is C16H21N7S. The van der Waals surface area contributed by atoms with Crippen molar-refractivity contribution in [2.75, 3.05) is 24.5 Å². The van der Waals surface area contributed by atoms with Gasteiger partial charge in [-0.2, -0.15) is 0 Å². The number of fused-ring (bicyclic) bond motifs is 1. The van der Waals surface area contributed by atoms with E-state index in [-0.39, 0.29) is 0 Å². The van der Waals surface area contributed by atoms with Crippen molar-refractivity contribution in [2.24, 2.45) is 0 Å². The molecule has 3 aromatic heterocycles. The van der Waals surface area contributed by atoms with Crippen molar-refractivity contribution in [1.82, 2.24) is 30.3 Å². The number of nitrogens with zero attached hydrogens (tertiary/aromatic N) is 6. The summed E-state index contributed by atoms with van der Waals surface area (Å²) in [5, 5.41) is 13.6. The molecule has 1 fully saturated rings. The highest BCUT2D eigenvalue weighted by Gasteiger charge is 2.21. The third-order valence-electron chi connectivity index (χ3n) is 4.49. The van der Waals surface area contributed by atoms with Gasteiger partial charge >= 0.3 is 0 Å². The quantitative estimate of drug-likeness (QED) is 0.690. The van der Waals surface area contributed by atoms with Crippen LogP contribution in [0, 0.1) is 0 Å². The Kier molecular flexibility index (Phi) is 4.66. The predicted octanol–water partition coefficient (Wildman–Crippen LogP) is 1.93. The maximum absolute atomic E-state index is 4.52. The molecule has 24 heavy (non-hydrogen) atoms. The number of aromatic nitrogens is 5. The molecule has 4 rings (SSSR count). The van der Waals surface area contributed by atoms with Crippen molar-refractivity contribution < 1.29 is 0 Å². The molecule has 3 aromatic rings. The van der Waals surface area contributed by atoms with E-state index in [1.54, 1.807) is 23.9 Å². The number of thiophene rings is 1. The Hall–Kier alpha value is -2.06. The Morgan fingerprint density at radius 3 is 3.00 bits per heavy atom. The van der Waals surface area contributed by atoms with Gasteiger partial charge in [-0.15, -0.1) is 16.4 Å². The molecular weight excluding hydrogens is 322 g/mol. The summed E-state index contributed by atoms with van der Waals surface area (Å²) in [6.07, 6.45) is 8.69. The molecule has 0 aliphatic carbocycles. The van der Waals surface area contributed by atoms with Crippen LogP contribution in [0.4, 0.5) is 5.82 Å². The molecule has 4 heterocycles. The summed E-state index contributed by atoms with van der Waals surface area (Å²) >= 11 is 1.73. The van der Waals surface area contributed by atoms with E-state index >= 15 is 0 Å². The van der Waals surface area contributed by atoms with Gasteiger partial charge in [0.2, 0.25) is 0 Å². The molecule has 1 aliphatic heterocycles. The Bertz CT molecular complexity index is 762. The van der Waals surface area contributed by atoms with E-state index in [1.807, 2.05) is 10.9 Å². The molecule has 1 saturated heterocycles. The zero-order chi connectivity index (χ0) is 16.2. The summed E-state index contributed by atoms with van der Waals surface area (Å²) in [5.41, 5.74) is 1.05. The average Bonchev–Trinajstić information content (AvgIpc) is 3.30. The van der Waals surface area contributed by atoms with Crippen LogP contribution >= 0.6 is 11.3 Å². The van der Waals surface area contributed by atoms with Crippen LogP contribution in [0.15, 0.2) is 30.2 Å². The van der Waals surface area contributed by atoms with Crippen molar-refractivity contribution in [3.8, 4) is 0 Å². The highest BCUT2D eigenvalue weighted by atomic mass is 32.1. The fourth-order valence-electron chi connectivity index (χ4n) is 3.20.